The zero-order valence-corrected chi connectivity index (χ0v) is 58.5. The van der Waals surface area contributed by atoms with E-state index in [1.165, 1.54) is 24.3 Å². The number of anilines is 2. The van der Waals surface area contributed by atoms with Gasteiger partial charge in [-0.15, -0.1) is 0 Å². The summed E-state index contributed by atoms with van der Waals surface area (Å²) in [6.07, 6.45) is 8.57. The highest BCUT2D eigenvalue weighted by Crippen LogP contribution is 2.26. The van der Waals surface area contributed by atoms with Crippen molar-refractivity contribution in [2.24, 2.45) is 86.0 Å². The lowest BCUT2D eigenvalue weighted by atomic mass is 9.94. The number of carbonyl (C=O) groups is 10. The maximum atomic E-state index is 15.3. The summed E-state index contributed by atoms with van der Waals surface area (Å²) in [5, 5.41) is 11.3. The molecule has 1 rings (SSSR count). The molecule has 0 heterocycles. The van der Waals surface area contributed by atoms with Gasteiger partial charge < -0.3 is 102 Å². The number of rotatable bonds is 60. The van der Waals surface area contributed by atoms with Crippen LogP contribution < -0.4 is 107 Å². The van der Waals surface area contributed by atoms with Crippen LogP contribution in [0, 0.1) is 0 Å². The number of nitrogens with one attached hydrogen (secondary N) is 4. The Kier molecular flexibility index (Phi) is 49.6. The molecular formula is C66H128N22O10. The molecule has 562 valence electrons. The topological polar surface area (TPSA) is 619 Å². The minimum atomic E-state index is -1.70. The van der Waals surface area contributed by atoms with Crippen LogP contribution >= 0.6 is 0 Å². The summed E-state index contributed by atoms with van der Waals surface area (Å²) in [4.78, 5) is 147. The third-order valence-electron chi connectivity index (χ3n) is 17.0. The molecule has 32 nitrogen and oxygen atoms in total. The van der Waals surface area contributed by atoms with Crippen molar-refractivity contribution in [1.82, 2.24) is 25.8 Å². The average Bonchev–Trinajstić information content (AvgIpc) is 0.781. The maximum Gasteiger partial charge on any atom is 0.258 e. The number of hydrogen-bond donors (Lipinski definition) is 19. The summed E-state index contributed by atoms with van der Waals surface area (Å²) >= 11 is 0. The molecule has 0 aliphatic carbocycles. The van der Waals surface area contributed by atoms with Gasteiger partial charge in [0.25, 0.3) is 17.7 Å². The summed E-state index contributed by atoms with van der Waals surface area (Å²) in [7, 11) is 0. The summed E-state index contributed by atoms with van der Waals surface area (Å²) in [6.45, 7) is 2.70. The Hall–Kier alpha value is -5.92. The Labute approximate surface area is 580 Å². The van der Waals surface area contributed by atoms with Crippen LogP contribution in [0.1, 0.15) is 193 Å². The fourth-order valence-corrected chi connectivity index (χ4v) is 11.1. The van der Waals surface area contributed by atoms with Gasteiger partial charge in [0.15, 0.2) is 0 Å². The van der Waals surface area contributed by atoms with Crippen LogP contribution in [0.5, 0.6) is 0 Å². The molecule has 34 N–H and O–H groups in total. The van der Waals surface area contributed by atoms with Crippen LogP contribution in [-0.4, -0.2) is 199 Å². The van der Waals surface area contributed by atoms with Crippen molar-refractivity contribution in [3.05, 3.63) is 24.3 Å². The Morgan fingerprint density at radius 1 is 0.286 bits per heavy atom. The molecule has 0 unspecified atom stereocenters. The average molecular weight is 1390 g/mol. The van der Waals surface area contributed by atoms with Crippen LogP contribution in [0.3, 0.4) is 0 Å². The van der Waals surface area contributed by atoms with Gasteiger partial charge in [-0.2, -0.15) is 0 Å². The highest BCUT2D eigenvalue weighted by molar-refractivity contribution is 6.41. The lowest BCUT2D eigenvalue weighted by Gasteiger charge is -2.45. The predicted molar refractivity (Wildman–Crippen MR) is 383 cm³/mol. The number of unbranched alkanes of at least 4 members (excludes halogenated alkanes) is 10. The van der Waals surface area contributed by atoms with Crippen molar-refractivity contribution in [1.29, 1.82) is 0 Å². The minimum Gasteiger partial charge on any atom is -0.343 e. The van der Waals surface area contributed by atoms with Crippen LogP contribution in [0.2, 0.25) is 0 Å². The second-order valence-corrected chi connectivity index (χ2v) is 25.3. The number of amides is 6. The van der Waals surface area contributed by atoms with Crippen molar-refractivity contribution in [3.8, 4) is 0 Å². The van der Waals surface area contributed by atoms with E-state index < -0.39 is 119 Å². The quantitative estimate of drug-likeness (QED) is 0.0184. The summed E-state index contributed by atoms with van der Waals surface area (Å²) in [6, 6.07) is -7.79. The van der Waals surface area contributed by atoms with Crippen LogP contribution in [-0.2, 0) is 47.9 Å². The summed E-state index contributed by atoms with van der Waals surface area (Å²) in [5.41, 5.74) is 94.3. The van der Waals surface area contributed by atoms with Gasteiger partial charge in [0.2, 0.25) is 40.9 Å². The molecule has 0 saturated heterocycles. The van der Waals surface area contributed by atoms with E-state index in [-0.39, 0.29) is 134 Å². The second kappa shape index (κ2) is 53.9. The standard InChI is InChI=1S/C66H128N22O10/c67-35-11-1-21-47(77)57(89)59(91)54(28-8-18-42-74)86(64(96)49(79)23-3-13-37-69)85-53(27-7-17-41-73)62(94)84-52(26-6-16-40-72)61(93)82-45-31-33-46(34-32-45)83-63(95)56(30-10-20-44-76)88(66(98)51(81)25-5-15-39-71)87(65(97)50(80)24-4-14-38-70)55(29-9-19-43-75)60(92)58(90)48(78)22-2-12-36-68/h31-34,47-56,85H,1-30,35-44,67-81H2,(H,82,93)(H,83,95)(H,84,94)/t47-,48-,49-,50-,51-,52-,53-,54-,55-,56-/m0/s1. The first-order valence-corrected chi connectivity index (χ1v) is 35.8. The van der Waals surface area contributed by atoms with E-state index in [9.17, 15) is 33.6 Å². The number of hydrogen-bond acceptors (Lipinski definition) is 26. The molecule has 1 aromatic carbocycles. The van der Waals surface area contributed by atoms with Gasteiger partial charge in [-0.05, 0) is 244 Å². The first-order valence-electron chi connectivity index (χ1n) is 35.8. The minimum absolute atomic E-state index is 0.0348. The maximum absolute atomic E-state index is 15.3. The zero-order valence-electron chi connectivity index (χ0n) is 58.5. The fourth-order valence-electron chi connectivity index (χ4n) is 11.1. The molecule has 10 atom stereocenters. The van der Waals surface area contributed by atoms with Crippen molar-refractivity contribution < 1.29 is 47.9 Å². The first-order chi connectivity index (χ1) is 47.0. The van der Waals surface area contributed by atoms with Gasteiger partial charge in [0.1, 0.15) is 30.2 Å². The predicted octanol–water partition coefficient (Wildman–Crippen LogP) is -2.37. The summed E-state index contributed by atoms with van der Waals surface area (Å²) in [5.74, 6) is -8.79. The van der Waals surface area contributed by atoms with Gasteiger partial charge in [-0.25, -0.2) is 15.4 Å². The van der Waals surface area contributed by atoms with E-state index >= 15 is 14.4 Å². The smallest absolute Gasteiger partial charge is 0.258 e. The fraction of sp³-hybridized carbons (Fsp3) is 0.758. The van der Waals surface area contributed by atoms with Gasteiger partial charge in [-0.1, -0.05) is 38.5 Å². The molecule has 6 amide bonds. The molecule has 0 bridgehead atoms. The van der Waals surface area contributed by atoms with E-state index in [4.69, 9.17) is 86.0 Å². The van der Waals surface area contributed by atoms with E-state index in [0.717, 1.165) is 15.0 Å². The lowest BCUT2D eigenvalue weighted by Crippen LogP contribution is -2.68. The van der Waals surface area contributed by atoms with Gasteiger partial charge in [0, 0.05) is 11.4 Å². The van der Waals surface area contributed by atoms with E-state index in [0.29, 0.717) is 135 Å². The van der Waals surface area contributed by atoms with E-state index in [2.05, 4.69) is 21.4 Å². The Morgan fingerprint density at radius 2 is 0.561 bits per heavy atom. The lowest BCUT2D eigenvalue weighted by molar-refractivity contribution is -0.182. The monoisotopic (exact) mass is 1390 g/mol. The zero-order chi connectivity index (χ0) is 73.4. The highest BCUT2D eigenvalue weighted by atomic mass is 16.2. The molecule has 1 aromatic rings. The Bertz CT molecular complexity index is 2470. The second-order valence-electron chi connectivity index (χ2n) is 25.3. The van der Waals surface area contributed by atoms with Crippen molar-refractivity contribution in [2.75, 3.05) is 76.1 Å². The van der Waals surface area contributed by atoms with Crippen molar-refractivity contribution >= 4 is 70.0 Å². The number of hydrazine groups is 2. The number of nitrogens with zero attached hydrogens (tertiary/aromatic N) is 3. The van der Waals surface area contributed by atoms with Gasteiger partial charge >= 0.3 is 0 Å². The normalized spacial score (nSPS) is 14.5. The molecular weight excluding hydrogens is 1260 g/mol. The molecule has 0 aliphatic heterocycles. The Balaban J connectivity index is 4.13. The number of Topliss-reactive ketones (excluding diaryl/α,β-unsaturated/α-hetero) is 4. The van der Waals surface area contributed by atoms with E-state index in [1.807, 2.05) is 0 Å². The van der Waals surface area contributed by atoms with Gasteiger partial charge in [-0.3, -0.25) is 53.0 Å². The third-order valence-corrected chi connectivity index (χ3v) is 17.0. The van der Waals surface area contributed by atoms with Crippen LogP contribution in [0.4, 0.5) is 11.4 Å². The van der Waals surface area contributed by atoms with Crippen molar-refractivity contribution in [3.63, 3.8) is 0 Å². The molecule has 0 radical (unpaired) electrons. The third kappa shape index (κ3) is 33.5. The Morgan fingerprint density at radius 3 is 0.929 bits per heavy atom. The molecule has 98 heavy (non-hydrogen) atoms. The molecule has 0 spiro atoms. The summed E-state index contributed by atoms with van der Waals surface area (Å²) < 4.78 is 0. The SMILES string of the molecule is NCCCC[C@H](NC(=O)[C@H](CCCCN)NN(C(=O)[C@@H](N)CCCCN)[C@@H](CCCCN)C(=O)C(=O)[C@@H](N)CCCCN)C(=O)Nc1ccc(NC(=O)[C@H](CCCCN)N(C(=O)[C@@H](N)CCCCN)N(C(=O)[C@@H](N)CCCCN)[C@@H](CCCCN)C(=O)C(=O)[C@@H](N)CCCCN)cc1. The van der Waals surface area contributed by atoms with E-state index in [1.54, 1.807) is 0 Å². The molecule has 0 fully saturated rings. The largest absolute Gasteiger partial charge is 0.343 e. The molecule has 0 aliphatic rings. The van der Waals surface area contributed by atoms with Crippen molar-refractivity contribution in [2.45, 2.75) is 253 Å². The number of nitrogens with two attached hydrogens (primary N) is 15. The first kappa shape index (κ1) is 90.1. The molecule has 32 heteroatoms. The number of ketones is 4. The molecule has 0 aromatic heterocycles. The van der Waals surface area contributed by atoms with Crippen LogP contribution in [0.25, 0.3) is 0 Å². The van der Waals surface area contributed by atoms with Gasteiger partial charge in [0.05, 0.1) is 30.2 Å². The van der Waals surface area contributed by atoms with Crippen LogP contribution in [0.15, 0.2) is 24.3 Å². The number of benzene rings is 1. The molecule has 0 saturated carbocycles. The highest BCUT2D eigenvalue weighted by Gasteiger charge is 2.47. The number of carbonyl (C=O) groups excluding carboxylic acids is 10.